The van der Waals surface area contributed by atoms with Gasteiger partial charge >= 0.3 is 0 Å². The lowest BCUT2D eigenvalue weighted by Gasteiger charge is -2.30. The number of carbonyl (C=O) groups is 2. The molecule has 1 aromatic heterocycles. The fourth-order valence-electron chi connectivity index (χ4n) is 4.00. The van der Waals surface area contributed by atoms with E-state index in [1.54, 1.807) is 6.07 Å². The van der Waals surface area contributed by atoms with Gasteiger partial charge in [0.15, 0.2) is 5.82 Å². The van der Waals surface area contributed by atoms with Gasteiger partial charge in [0.2, 0.25) is 0 Å². The number of hydrogen-bond donors (Lipinski definition) is 1. The number of anilines is 1. The number of imidazole rings is 1. The fourth-order valence-corrected chi connectivity index (χ4v) is 4.00. The quantitative estimate of drug-likeness (QED) is 0.881. The molecule has 0 radical (unpaired) electrons. The van der Waals surface area contributed by atoms with Crippen LogP contribution in [0.5, 0.6) is 0 Å². The predicted molar refractivity (Wildman–Crippen MR) is 104 cm³/mol. The summed E-state index contributed by atoms with van der Waals surface area (Å²) in [7, 11) is 0. The van der Waals surface area contributed by atoms with Crippen LogP contribution in [0.15, 0.2) is 24.3 Å². The van der Waals surface area contributed by atoms with Crippen LogP contribution in [0.2, 0.25) is 0 Å². The first kappa shape index (κ1) is 18.7. The molecule has 0 saturated carbocycles. The zero-order chi connectivity index (χ0) is 19.7. The average Bonchev–Trinajstić information content (AvgIpc) is 3.08. The Morgan fingerprint density at radius 2 is 1.96 bits per heavy atom. The van der Waals surface area contributed by atoms with E-state index >= 15 is 0 Å². The molecule has 148 valence electrons. The van der Waals surface area contributed by atoms with E-state index in [0.717, 1.165) is 50.9 Å². The van der Waals surface area contributed by atoms with Crippen molar-refractivity contribution >= 4 is 17.5 Å². The van der Waals surface area contributed by atoms with E-state index in [9.17, 15) is 14.0 Å². The Balaban J connectivity index is 1.61. The average molecular weight is 384 g/mol. The van der Waals surface area contributed by atoms with Crippen LogP contribution in [0.4, 0.5) is 10.1 Å². The molecule has 0 aliphatic carbocycles. The minimum absolute atomic E-state index is 0.0812. The normalized spacial score (nSPS) is 17.3. The molecular weight excluding hydrogens is 359 g/mol. The summed E-state index contributed by atoms with van der Waals surface area (Å²) in [5.74, 6) is -0.0548. The number of rotatable bonds is 3. The third kappa shape index (κ3) is 3.66. The van der Waals surface area contributed by atoms with E-state index in [-0.39, 0.29) is 11.7 Å². The molecule has 6 nitrogen and oxygen atoms in total. The van der Waals surface area contributed by atoms with E-state index in [4.69, 9.17) is 0 Å². The summed E-state index contributed by atoms with van der Waals surface area (Å²) in [6, 6.07) is 5.75. The van der Waals surface area contributed by atoms with Crippen molar-refractivity contribution in [2.75, 3.05) is 18.4 Å². The third-order valence-corrected chi connectivity index (χ3v) is 5.68. The van der Waals surface area contributed by atoms with Gasteiger partial charge in [0.05, 0.1) is 5.69 Å². The van der Waals surface area contributed by atoms with Crippen molar-refractivity contribution < 1.29 is 14.0 Å². The summed E-state index contributed by atoms with van der Waals surface area (Å²) >= 11 is 0. The van der Waals surface area contributed by atoms with Crippen LogP contribution in [0.1, 0.15) is 59.4 Å². The number of piperidine rings is 1. The number of carbonyl (C=O) groups excluding carboxylic acids is 2. The van der Waals surface area contributed by atoms with Crippen molar-refractivity contribution in [3.05, 3.63) is 47.3 Å². The summed E-state index contributed by atoms with van der Waals surface area (Å²) in [5, 5.41) is 2.70. The third-order valence-electron chi connectivity index (χ3n) is 5.68. The molecule has 1 N–H and O–H groups in total. The molecule has 1 fully saturated rings. The highest BCUT2D eigenvalue weighted by Crippen LogP contribution is 2.25. The zero-order valence-electron chi connectivity index (χ0n) is 16.1. The van der Waals surface area contributed by atoms with Crippen molar-refractivity contribution in [1.82, 2.24) is 14.5 Å². The Morgan fingerprint density at radius 1 is 1.18 bits per heavy atom. The number of amides is 2. The molecule has 0 bridgehead atoms. The van der Waals surface area contributed by atoms with Crippen LogP contribution < -0.4 is 5.32 Å². The van der Waals surface area contributed by atoms with Crippen molar-refractivity contribution in [1.29, 1.82) is 0 Å². The number of fused-ring (bicyclic) bond motifs is 1. The molecule has 1 saturated heterocycles. The zero-order valence-corrected chi connectivity index (χ0v) is 16.1. The van der Waals surface area contributed by atoms with Gasteiger partial charge < -0.3 is 14.8 Å². The standard InChI is InChI=1S/C21H25FN4O2/c1-14-8-11-25(12-9-14)21(28)18-17-7-2-3-10-26(17)19(24-18)20(27)23-16-6-4-5-15(22)13-16/h4-6,13-14H,2-3,7-12H2,1H3,(H,23,27). The molecule has 2 aromatic rings. The van der Waals surface area contributed by atoms with Gasteiger partial charge in [-0.05, 0) is 56.2 Å². The van der Waals surface area contributed by atoms with Crippen molar-refractivity contribution in [2.24, 2.45) is 5.92 Å². The Morgan fingerprint density at radius 3 is 2.71 bits per heavy atom. The molecule has 2 aliphatic rings. The molecule has 4 rings (SSSR count). The topological polar surface area (TPSA) is 67.2 Å². The van der Waals surface area contributed by atoms with Gasteiger partial charge in [-0.25, -0.2) is 9.37 Å². The maximum absolute atomic E-state index is 13.4. The fraction of sp³-hybridized carbons (Fsp3) is 0.476. The van der Waals surface area contributed by atoms with Gasteiger partial charge in [0.1, 0.15) is 11.5 Å². The smallest absolute Gasteiger partial charge is 0.291 e. The number of aromatic nitrogens is 2. The van der Waals surface area contributed by atoms with Crippen LogP contribution in [-0.2, 0) is 13.0 Å². The molecule has 0 unspecified atom stereocenters. The summed E-state index contributed by atoms with van der Waals surface area (Å²) in [6.07, 6.45) is 4.65. The van der Waals surface area contributed by atoms with Crippen molar-refractivity contribution in [3.8, 4) is 0 Å². The lowest BCUT2D eigenvalue weighted by atomic mass is 9.98. The van der Waals surface area contributed by atoms with Gasteiger partial charge in [-0.2, -0.15) is 0 Å². The van der Waals surface area contributed by atoms with E-state index in [2.05, 4.69) is 17.2 Å². The number of likely N-dealkylation sites (tertiary alicyclic amines) is 1. The first-order chi connectivity index (χ1) is 13.5. The summed E-state index contributed by atoms with van der Waals surface area (Å²) in [6.45, 7) is 4.34. The van der Waals surface area contributed by atoms with E-state index in [0.29, 0.717) is 23.8 Å². The van der Waals surface area contributed by atoms with Crippen LogP contribution in [-0.4, -0.2) is 39.4 Å². The lowest BCUT2D eigenvalue weighted by Crippen LogP contribution is -2.38. The minimum Gasteiger partial charge on any atom is -0.337 e. The minimum atomic E-state index is -0.418. The van der Waals surface area contributed by atoms with Crippen LogP contribution >= 0.6 is 0 Å². The van der Waals surface area contributed by atoms with Crippen LogP contribution in [0.25, 0.3) is 0 Å². The Kier molecular flexibility index (Phi) is 5.15. The Hall–Kier alpha value is -2.70. The van der Waals surface area contributed by atoms with Crippen molar-refractivity contribution in [2.45, 2.75) is 45.6 Å². The summed E-state index contributed by atoms with van der Waals surface area (Å²) in [5.41, 5.74) is 1.62. The molecule has 3 heterocycles. The number of nitrogens with zero attached hydrogens (tertiary/aromatic N) is 3. The van der Waals surface area contributed by atoms with Gasteiger partial charge in [0, 0.05) is 25.3 Å². The number of nitrogens with one attached hydrogen (secondary N) is 1. The molecule has 7 heteroatoms. The van der Waals surface area contributed by atoms with E-state index in [1.165, 1.54) is 18.2 Å². The van der Waals surface area contributed by atoms with Gasteiger partial charge in [-0.15, -0.1) is 0 Å². The monoisotopic (exact) mass is 384 g/mol. The Bertz CT molecular complexity index is 900. The molecular formula is C21H25FN4O2. The van der Waals surface area contributed by atoms with E-state index < -0.39 is 11.7 Å². The Labute approximate surface area is 163 Å². The number of hydrogen-bond acceptors (Lipinski definition) is 3. The SMILES string of the molecule is CC1CCN(C(=O)c2nc(C(=O)Nc3cccc(F)c3)n3c2CCCC3)CC1. The lowest BCUT2D eigenvalue weighted by molar-refractivity contribution is 0.0690. The second kappa shape index (κ2) is 7.73. The highest BCUT2D eigenvalue weighted by molar-refractivity contribution is 6.03. The highest BCUT2D eigenvalue weighted by atomic mass is 19.1. The van der Waals surface area contributed by atoms with Crippen LogP contribution in [0.3, 0.4) is 0 Å². The predicted octanol–water partition coefficient (Wildman–Crippen LogP) is 3.48. The first-order valence-corrected chi connectivity index (χ1v) is 9.98. The second-order valence-electron chi connectivity index (χ2n) is 7.78. The van der Waals surface area contributed by atoms with Gasteiger partial charge in [0.25, 0.3) is 11.8 Å². The summed E-state index contributed by atoms with van der Waals surface area (Å²) in [4.78, 5) is 32.2. The highest BCUT2D eigenvalue weighted by Gasteiger charge is 2.31. The molecule has 0 atom stereocenters. The summed E-state index contributed by atoms with van der Waals surface area (Å²) < 4.78 is 15.3. The van der Waals surface area contributed by atoms with Gasteiger partial charge in [-0.3, -0.25) is 9.59 Å². The maximum atomic E-state index is 13.4. The molecule has 0 spiro atoms. The van der Waals surface area contributed by atoms with Crippen molar-refractivity contribution in [3.63, 3.8) is 0 Å². The first-order valence-electron chi connectivity index (χ1n) is 9.98. The number of benzene rings is 1. The maximum Gasteiger partial charge on any atom is 0.291 e. The number of halogens is 1. The van der Waals surface area contributed by atoms with Gasteiger partial charge in [-0.1, -0.05) is 13.0 Å². The molecule has 2 amide bonds. The second-order valence-corrected chi connectivity index (χ2v) is 7.78. The van der Waals surface area contributed by atoms with E-state index in [1.807, 2.05) is 9.47 Å². The molecule has 1 aromatic carbocycles. The molecule has 2 aliphatic heterocycles. The molecule has 28 heavy (non-hydrogen) atoms. The van der Waals surface area contributed by atoms with Crippen LogP contribution in [0, 0.1) is 11.7 Å². The largest absolute Gasteiger partial charge is 0.337 e.